The first-order valence-electron chi connectivity index (χ1n) is 8.16. The minimum absolute atomic E-state index is 0.106. The molecule has 1 N–H and O–H groups in total. The highest BCUT2D eigenvalue weighted by Crippen LogP contribution is 2.36. The molecule has 7 nitrogen and oxygen atoms in total. The number of amides is 1. The molecule has 0 unspecified atom stereocenters. The Hall–Kier alpha value is -2.54. The lowest BCUT2D eigenvalue weighted by atomic mass is 9.86. The van der Waals surface area contributed by atoms with Crippen LogP contribution in [0.3, 0.4) is 0 Å². The van der Waals surface area contributed by atoms with E-state index in [1.165, 1.54) is 13.2 Å². The fourth-order valence-electron chi connectivity index (χ4n) is 3.31. The molecule has 0 radical (unpaired) electrons. The monoisotopic (exact) mass is 346 g/mol. The highest BCUT2D eigenvalue weighted by molar-refractivity contribution is 5.92. The Labute approximate surface area is 146 Å². The van der Waals surface area contributed by atoms with Gasteiger partial charge >= 0.3 is 0 Å². The van der Waals surface area contributed by atoms with Crippen molar-refractivity contribution in [3.8, 4) is 11.6 Å². The summed E-state index contributed by atoms with van der Waals surface area (Å²) in [6.07, 6.45) is 1.52. The third-order valence-electron chi connectivity index (χ3n) is 4.75. The van der Waals surface area contributed by atoms with Crippen molar-refractivity contribution >= 4 is 5.91 Å². The SMILES string of the molecule is COc1ccc([C@](C)(O)[C@@H]2CCCN2C(=O)c2cc(OC)no2)cc1. The first-order chi connectivity index (χ1) is 12.0. The van der Waals surface area contributed by atoms with Crippen LogP contribution in [0.25, 0.3) is 0 Å². The Morgan fingerprint density at radius 1 is 1.32 bits per heavy atom. The lowest BCUT2D eigenvalue weighted by Crippen LogP contribution is -2.48. The maximum atomic E-state index is 12.8. The van der Waals surface area contributed by atoms with Gasteiger partial charge in [-0.25, -0.2) is 0 Å². The van der Waals surface area contributed by atoms with E-state index < -0.39 is 5.60 Å². The maximum absolute atomic E-state index is 12.8. The van der Waals surface area contributed by atoms with Crippen molar-refractivity contribution in [1.82, 2.24) is 10.1 Å². The molecule has 1 aromatic heterocycles. The first-order valence-corrected chi connectivity index (χ1v) is 8.16. The molecule has 0 spiro atoms. The Morgan fingerprint density at radius 2 is 2.04 bits per heavy atom. The van der Waals surface area contributed by atoms with Gasteiger partial charge in [-0.3, -0.25) is 4.79 Å². The van der Waals surface area contributed by atoms with E-state index in [0.717, 1.165) is 12.0 Å². The summed E-state index contributed by atoms with van der Waals surface area (Å²) in [4.78, 5) is 14.4. The third kappa shape index (κ3) is 3.19. The van der Waals surface area contributed by atoms with E-state index in [0.29, 0.717) is 18.7 Å². The number of aromatic nitrogens is 1. The molecule has 1 saturated heterocycles. The van der Waals surface area contributed by atoms with Gasteiger partial charge in [-0.2, -0.15) is 0 Å². The maximum Gasteiger partial charge on any atom is 0.292 e. The van der Waals surface area contributed by atoms with Crippen LogP contribution >= 0.6 is 0 Å². The average Bonchev–Trinajstić information content (AvgIpc) is 3.30. The van der Waals surface area contributed by atoms with Crippen LogP contribution in [0.4, 0.5) is 0 Å². The number of hydrogen-bond donors (Lipinski definition) is 1. The molecule has 1 aliphatic rings. The number of rotatable bonds is 5. The highest BCUT2D eigenvalue weighted by atomic mass is 16.5. The minimum Gasteiger partial charge on any atom is -0.497 e. The molecule has 134 valence electrons. The molecule has 25 heavy (non-hydrogen) atoms. The lowest BCUT2D eigenvalue weighted by Gasteiger charge is -2.36. The normalized spacial score (nSPS) is 19.5. The predicted molar refractivity (Wildman–Crippen MR) is 89.7 cm³/mol. The van der Waals surface area contributed by atoms with Crippen molar-refractivity contribution < 1.29 is 23.9 Å². The molecule has 1 fully saturated rings. The van der Waals surface area contributed by atoms with Gasteiger partial charge in [-0.1, -0.05) is 12.1 Å². The Kier molecular flexibility index (Phi) is 4.67. The van der Waals surface area contributed by atoms with E-state index in [1.54, 1.807) is 31.1 Å². The molecule has 2 aromatic rings. The number of methoxy groups -OCH3 is 2. The van der Waals surface area contributed by atoms with Gasteiger partial charge in [0, 0.05) is 6.54 Å². The third-order valence-corrected chi connectivity index (χ3v) is 4.75. The van der Waals surface area contributed by atoms with Crippen molar-refractivity contribution in [2.24, 2.45) is 0 Å². The molecule has 1 aromatic carbocycles. The lowest BCUT2D eigenvalue weighted by molar-refractivity contribution is -0.0187. The molecule has 1 aliphatic heterocycles. The van der Waals surface area contributed by atoms with Crippen LogP contribution in [-0.2, 0) is 5.60 Å². The van der Waals surface area contributed by atoms with Crippen LogP contribution in [-0.4, -0.2) is 47.9 Å². The largest absolute Gasteiger partial charge is 0.497 e. The van der Waals surface area contributed by atoms with Gasteiger partial charge in [0.15, 0.2) is 0 Å². The Morgan fingerprint density at radius 3 is 2.64 bits per heavy atom. The Balaban J connectivity index is 1.85. The number of nitrogens with zero attached hydrogens (tertiary/aromatic N) is 2. The summed E-state index contributed by atoms with van der Waals surface area (Å²) in [5.74, 6) is 0.773. The fraction of sp³-hybridized carbons (Fsp3) is 0.444. The van der Waals surface area contributed by atoms with Crippen molar-refractivity contribution in [2.75, 3.05) is 20.8 Å². The van der Waals surface area contributed by atoms with Gasteiger partial charge < -0.3 is 24.0 Å². The molecule has 7 heteroatoms. The summed E-state index contributed by atoms with van der Waals surface area (Å²) < 4.78 is 15.2. The van der Waals surface area contributed by atoms with E-state index in [9.17, 15) is 9.90 Å². The Bertz CT molecular complexity index is 738. The molecule has 3 rings (SSSR count). The van der Waals surface area contributed by atoms with E-state index >= 15 is 0 Å². The number of ether oxygens (including phenoxy) is 2. The second kappa shape index (κ2) is 6.76. The minimum atomic E-state index is -1.19. The summed E-state index contributed by atoms with van der Waals surface area (Å²) >= 11 is 0. The number of benzene rings is 1. The van der Waals surface area contributed by atoms with Crippen LogP contribution in [0.2, 0.25) is 0 Å². The van der Waals surface area contributed by atoms with Crippen LogP contribution < -0.4 is 9.47 Å². The zero-order valence-electron chi connectivity index (χ0n) is 14.6. The average molecular weight is 346 g/mol. The summed E-state index contributed by atoms with van der Waals surface area (Å²) in [6.45, 7) is 2.28. The summed E-state index contributed by atoms with van der Waals surface area (Å²) in [5.41, 5.74) is -0.462. The summed E-state index contributed by atoms with van der Waals surface area (Å²) in [6, 6.07) is 8.33. The van der Waals surface area contributed by atoms with E-state index in [2.05, 4.69) is 5.16 Å². The number of hydrogen-bond acceptors (Lipinski definition) is 6. The molecule has 0 bridgehead atoms. The quantitative estimate of drug-likeness (QED) is 0.893. The smallest absolute Gasteiger partial charge is 0.292 e. The topological polar surface area (TPSA) is 85.0 Å². The molecule has 2 heterocycles. The van der Waals surface area contributed by atoms with Crippen molar-refractivity contribution in [3.05, 3.63) is 41.7 Å². The van der Waals surface area contributed by atoms with Crippen LogP contribution in [0.5, 0.6) is 11.6 Å². The van der Waals surface area contributed by atoms with Gasteiger partial charge in [0.05, 0.1) is 26.3 Å². The molecule has 2 atom stereocenters. The number of aliphatic hydroxyl groups is 1. The van der Waals surface area contributed by atoms with Gasteiger partial charge in [0.2, 0.25) is 5.76 Å². The molecular formula is C18H22N2O5. The zero-order valence-corrected chi connectivity index (χ0v) is 14.6. The zero-order chi connectivity index (χ0) is 18.0. The van der Waals surface area contributed by atoms with E-state index in [4.69, 9.17) is 14.0 Å². The summed E-state index contributed by atoms with van der Waals surface area (Å²) in [5, 5.41) is 14.8. The van der Waals surface area contributed by atoms with Crippen LogP contribution in [0.1, 0.15) is 35.9 Å². The standard InChI is InChI=1S/C18H22N2O5/c1-18(22,12-6-8-13(23-2)9-7-12)15-5-4-10-20(15)17(21)14-11-16(24-3)19-25-14/h6-9,11,15,22H,4-5,10H2,1-3H3/t15-,18-/m0/s1. The van der Waals surface area contributed by atoms with Gasteiger partial charge in [-0.15, -0.1) is 0 Å². The second-order valence-electron chi connectivity index (χ2n) is 6.27. The summed E-state index contributed by atoms with van der Waals surface area (Å²) in [7, 11) is 3.05. The molecule has 0 aliphatic carbocycles. The molecular weight excluding hydrogens is 324 g/mol. The van der Waals surface area contributed by atoms with E-state index in [-0.39, 0.29) is 23.6 Å². The van der Waals surface area contributed by atoms with Crippen molar-refractivity contribution in [3.63, 3.8) is 0 Å². The highest BCUT2D eigenvalue weighted by Gasteiger charge is 2.43. The van der Waals surface area contributed by atoms with Gasteiger partial charge in [0.1, 0.15) is 11.4 Å². The predicted octanol–water partition coefficient (Wildman–Crippen LogP) is 2.20. The first kappa shape index (κ1) is 17.3. The van der Waals surface area contributed by atoms with Crippen LogP contribution in [0.15, 0.2) is 34.9 Å². The molecule has 1 amide bonds. The van der Waals surface area contributed by atoms with Crippen molar-refractivity contribution in [2.45, 2.75) is 31.4 Å². The van der Waals surface area contributed by atoms with E-state index in [1.807, 2.05) is 12.1 Å². The van der Waals surface area contributed by atoms with Crippen molar-refractivity contribution in [1.29, 1.82) is 0 Å². The second-order valence-corrected chi connectivity index (χ2v) is 6.27. The van der Waals surface area contributed by atoms with Crippen LogP contribution in [0, 0.1) is 0 Å². The number of likely N-dealkylation sites (tertiary alicyclic amines) is 1. The number of carbonyl (C=O) groups is 1. The molecule has 0 saturated carbocycles. The number of carbonyl (C=O) groups excluding carboxylic acids is 1. The van der Waals surface area contributed by atoms with Gasteiger partial charge in [-0.05, 0) is 42.6 Å². The van der Waals surface area contributed by atoms with Gasteiger partial charge in [0.25, 0.3) is 11.8 Å². The fourth-order valence-corrected chi connectivity index (χ4v) is 3.31.